The highest BCUT2D eigenvalue weighted by atomic mass is 16.5. The van der Waals surface area contributed by atoms with Crippen molar-refractivity contribution in [3.05, 3.63) is 48.5 Å². The van der Waals surface area contributed by atoms with Crippen molar-refractivity contribution in [3.8, 4) is 23.0 Å². The molecular weight excluding hydrogens is 272 g/mol. The van der Waals surface area contributed by atoms with Crippen LogP contribution < -0.4 is 14.2 Å². The van der Waals surface area contributed by atoms with Crippen LogP contribution in [0.1, 0.15) is 6.42 Å². The maximum atomic E-state index is 10.6. The molecule has 21 heavy (non-hydrogen) atoms. The van der Waals surface area contributed by atoms with E-state index in [9.17, 15) is 9.59 Å². The number of hydrogen-bond donors (Lipinski definition) is 0. The van der Waals surface area contributed by atoms with Crippen LogP contribution in [0.2, 0.25) is 0 Å². The molecule has 108 valence electrons. The smallest absolute Gasteiger partial charge is 0.298 e. The average molecular weight is 286 g/mol. The lowest BCUT2D eigenvalue weighted by Gasteiger charge is -2.11. The highest BCUT2D eigenvalue weighted by Crippen LogP contribution is 2.33. The van der Waals surface area contributed by atoms with Gasteiger partial charge < -0.3 is 19.0 Å². The molecule has 2 aromatic rings. The number of benzene rings is 2. The van der Waals surface area contributed by atoms with E-state index < -0.39 is 0 Å². The Bertz CT molecular complexity index is 595. The molecule has 0 N–H and O–H groups in total. The molecule has 0 atom stereocenters. The van der Waals surface area contributed by atoms with E-state index in [-0.39, 0.29) is 18.8 Å². The van der Waals surface area contributed by atoms with Gasteiger partial charge in [-0.2, -0.15) is 0 Å². The molecule has 0 saturated heterocycles. The topological polar surface area (TPSA) is 61.8 Å². The number of carbonyl (C=O) groups is 2. The fourth-order valence-electron chi connectivity index (χ4n) is 1.66. The van der Waals surface area contributed by atoms with Crippen LogP contribution in [0.15, 0.2) is 48.5 Å². The van der Waals surface area contributed by atoms with Crippen molar-refractivity contribution in [2.24, 2.45) is 0 Å². The number of aldehydes is 1. The fourth-order valence-corrected chi connectivity index (χ4v) is 1.66. The fraction of sp³-hybridized carbons (Fsp3) is 0.125. The summed E-state index contributed by atoms with van der Waals surface area (Å²) in [5, 5.41) is 0. The van der Waals surface area contributed by atoms with Crippen molar-refractivity contribution < 1.29 is 23.8 Å². The zero-order valence-electron chi connectivity index (χ0n) is 11.2. The molecule has 2 rings (SSSR count). The van der Waals surface area contributed by atoms with Gasteiger partial charge in [-0.1, -0.05) is 18.2 Å². The van der Waals surface area contributed by atoms with E-state index in [1.807, 2.05) is 30.3 Å². The van der Waals surface area contributed by atoms with Crippen molar-refractivity contribution in [1.82, 2.24) is 0 Å². The van der Waals surface area contributed by atoms with E-state index in [1.165, 1.54) is 0 Å². The highest BCUT2D eigenvalue weighted by molar-refractivity contribution is 5.54. The van der Waals surface area contributed by atoms with Crippen LogP contribution in [0.4, 0.5) is 0 Å². The molecule has 0 fully saturated rings. The van der Waals surface area contributed by atoms with Gasteiger partial charge >= 0.3 is 0 Å². The lowest BCUT2D eigenvalue weighted by atomic mass is 10.3. The van der Waals surface area contributed by atoms with Gasteiger partial charge in [-0.25, -0.2) is 0 Å². The summed E-state index contributed by atoms with van der Waals surface area (Å²) < 4.78 is 15.9. The summed E-state index contributed by atoms with van der Waals surface area (Å²) in [4.78, 5) is 20.8. The Labute approximate surface area is 122 Å². The molecule has 5 heteroatoms. The van der Waals surface area contributed by atoms with Crippen LogP contribution in [0, 0.1) is 0 Å². The van der Waals surface area contributed by atoms with Gasteiger partial charge in [0.05, 0.1) is 6.61 Å². The molecule has 2 aromatic carbocycles. The summed E-state index contributed by atoms with van der Waals surface area (Å²) in [7, 11) is 0. The largest absolute Gasteiger partial charge is 0.489 e. The van der Waals surface area contributed by atoms with Crippen LogP contribution in [0.5, 0.6) is 23.0 Å². The quantitative estimate of drug-likeness (QED) is 0.551. The lowest BCUT2D eigenvalue weighted by Crippen LogP contribution is -2.00. The van der Waals surface area contributed by atoms with Gasteiger partial charge in [-0.05, 0) is 24.3 Å². The normalized spacial score (nSPS) is 9.71. The predicted molar refractivity (Wildman–Crippen MR) is 75.8 cm³/mol. The number of carbonyl (C=O) groups excluding carboxylic acids is 2. The first-order valence-corrected chi connectivity index (χ1v) is 6.37. The first-order valence-electron chi connectivity index (χ1n) is 6.37. The van der Waals surface area contributed by atoms with Crippen molar-refractivity contribution in [2.75, 3.05) is 6.61 Å². The molecule has 0 radical (unpaired) electrons. The monoisotopic (exact) mass is 286 g/mol. The highest BCUT2D eigenvalue weighted by Gasteiger charge is 2.08. The molecular formula is C16H14O5. The number of rotatable bonds is 8. The standard InChI is InChI=1S/C16H14O5/c17-9-4-10-19-15-8-7-14(11-16(15)20-12-18)21-13-5-2-1-3-6-13/h1-3,5-9,11-12H,4,10H2. The minimum Gasteiger partial charge on any atom is -0.489 e. The minimum atomic E-state index is 0.220. The zero-order chi connectivity index (χ0) is 14.9. The summed E-state index contributed by atoms with van der Waals surface area (Å²) in [6, 6.07) is 14.1. The molecule has 5 nitrogen and oxygen atoms in total. The molecule has 0 aliphatic rings. The SMILES string of the molecule is O=CCCOc1ccc(Oc2ccccc2)cc1OC=O. The second kappa shape index (κ2) is 7.69. The van der Waals surface area contributed by atoms with Crippen molar-refractivity contribution in [3.63, 3.8) is 0 Å². The second-order valence-electron chi connectivity index (χ2n) is 4.04. The molecule has 0 heterocycles. The predicted octanol–water partition coefficient (Wildman–Crippen LogP) is 2.98. The zero-order valence-corrected chi connectivity index (χ0v) is 11.2. The van der Waals surface area contributed by atoms with Crippen LogP contribution in [0.3, 0.4) is 0 Å². The van der Waals surface area contributed by atoms with Crippen LogP contribution in [-0.4, -0.2) is 19.4 Å². The van der Waals surface area contributed by atoms with Crippen molar-refractivity contribution in [2.45, 2.75) is 6.42 Å². The Morgan fingerprint density at radius 1 is 0.905 bits per heavy atom. The molecule has 0 bridgehead atoms. The van der Waals surface area contributed by atoms with E-state index in [1.54, 1.807) is 18.2 Å². The van der Waals surface area contributed by atoms with Gasteiger partial charge in [0.25, 0.3) is 6.47 Å². The van der Waals surface area contributed by atoms with Crippen LogP contribution in [-0.2, 0) is 9.59 Å². The van der Waals surface area contributed by atoms with Gasteiger partial charge in [0.1, 0.15) is 17.8 Å². The summed E-state index contributed by atoms with van der Waals surface area (Å²) in [5.74, 6) is 1.80. The first-order chi connectivity index (χ1) is 10.3. The van der Waals surface area contributed by atoms with Gasteiger partial charge in [-0.15, -0.1) is 0 Å². The number of para-hydroxylation sites is 1. The molecule has 0 unspecified atom stereocenters. The maximum Gasteiger partial charge on any atom is 0.298 e. The molecule has 0 aliphatic carbocycles. The summed E-state index contributed by atoms with van der Waals surface area (Å²) in [5.41, 5.74) is 0. The molecule has 0 amide bonds. The van der Waals surface area contributed by atoms with Crippen LogP contribution >= 0.6 is 0 Å². The van der Waals surface area contributed by atoms with E-state index in [4.69, 9.17) is 14.2 Å². The Morgan fingerprint density at radius 3 is 2.43 bits per heavy atom. The third-order valence-electron chi connectivity index (χ3n) is 2.56. The number of hydrogen-bond acceptors (Lipinski definition) is 5. The Hall–Kier alpha value is -2.82. The summed E-state index contributed by atoms with van der Waals surface area (Å²) in [6.07, 6.45) is 1.02. The van der Waals surface area contributed by atoms with Gasteiger partial charge in [0, 0.05) is 12.5 Å². The molecule has 0 aromatic heterocycles. The van der Waals surface area contributed by atoms with Crippen molar-refractivity contribution in [1.29, 1.82) is 0 Å². The van der Waals surface area contributed by atoms with E-state index in [0.717, 1.165) is 6.29 Å². The maximum absolute atomic E-state index is 10.6. The molecule has 0 spiro atoms. The van der Waals surface area contributed by atoms with E-state index in [0.29, 0.717) is 23.7 Å². The van der Waals surface area contributed by atoms with Gasteiger partial charge in [0.2, 0.25) is 0 Å². The Morgan fingerprint density at radius 2 is 1.71 bits per heavy atom. The van der Waals surface area contributed by atoms with E-state index >= 15 is 0 Å². The minimum absolute atomic E-state index is 0.220. The number of ether oxygens (including phenoxy) is 3. The Kier molecular flexibility index (Phi) is 5.34. The third-order valence-corrected chi connectivity index (χ3v) is 2.56. The summed E-state index contributed by atoms with van der Waals surface area (Å²) in [6.45, 7) is 0.534. The van der Waals surface area contributed by atoms with Gasteiger partial charge in [-0.3, -0.25) is 4.79 Å². The van der Waals surface area contributed by atoms with Gasteiger partial charge in [0.15, 0.2) is 11.5 Å². The molecule has 0 aliphatic heterocycles. The summed E-state index contributed by atoms with van der Waals surface area (Å²) >= 11 is 0. The third kappa shape index (κ3) is 4.35. The van der Waals surface area contributed by atoms with Crippen molar-refractivity contribution >= 4 is 12.8 Å². The van der Waals surface area contributed by atoms with E-state index in [2.05, 4.69) is 0 Å². The Balaban J connectivity index is 2.14. The van der Waals surface area contributed by atoms with Crippen LogP contribution in [0.25, 0.3) is 0 Å². The first kappa shape index (κ1) is 14.6. The average Bonchev–Trinajstić information content (AvgIpc) is 2.51. The lowest BCUT2D eigenvalue weighted by molar-refractivity contribution is -0.120. The molecule has 0 saturated carbocycles. The second-order valence-corrected chi connectivity index (χ2v) is 4.04.